The molecule has 0 fully saturated rings. The Hall–Kier alpha value is -2.25. The second-order valence-electron chi connectivity index (χ2n) is 5.11. The Bertz CT molecular complexity index is 710. The molecule has 0 spiro atoms. The Morgan fingerprint density at radius 2 is 1.71 bits per heavy atom. The minimum Gasteiger partial charge on any atom is -0.497 e. The molecule has 0 bridgehead atoms. The maximum atomic E-state index is 13.5. The zero-order valence-corrected chi connectivity index (χ0v) is 13.3. The molecule has 0 amide bonds. The average Bonchev–Trinajstić information content (AvgIpc) is 2.58. The molecule has 2 N–H and O–H groups in total. The lowest BCUT2D eigenvalue weighted by molar-refractivity contribution is 0.169. The number of aliphatic hydroxyl groups is 1. The Labute approximate surface area is 137 Å². The number of nitrogens with one attached hydrogen (secondary N) is 1. The van der Waals surface area contributed by atoms with E-state index in [2.05, 4.69) is 5.32 Å². The summed E-state index contributed by atoms with van der Waals surface area (Å²) in [7, 11) is 2.98. The maximum absolute atomic E-state index is 13.5. The van der Waals surface area contributed by atoms with Crippen molar-refractivity contribution in [3.63, 3.8) is 0 Å². The standard InChI is InChI=1S/C17H18F3NO3/c1-23-11-3-4-17(24-2)12(6-11)16(22)9-21-8-10-5-14(19)15(20)7-13(10)18/h3-7,16,21-22H,8-9H2,1-2H3. The van der Waals surface area contributed by atoms with Gasteiger partial charge in [-0.1, -0.05) is 0 Å². The molecular weight excluding hydrogens is 323 g/mol. The molecule has 2 aromatic carbocycles. The first kappa shape index (κ1) is 18.1. The van der Waals surface area contributed by atoms with Gasteiger partial charge < -0.3 is 19.9 Å². The van der Waals surface area contributed by atoms with Crippen LogP contribution in [0.15, 0.2) is 30.3 Å². The fourth-order valence-corrected chi connectivity index (χ4v) is 2.25. The van der Waals surface area contributed by atoms with Crippen molar-refractivity contribution in [1.82, 2.24) is 5.32 Å². The number of halogens is 3. The van der Waals surface area contributed by atoms with Gasteiger partial charge in [0.05, 0.1) is 20.3 Å². The number of methoxy groups -OCH3 is 2. The van der Waals surface area contributed by atoms with Crippen LogP contribution in [0.2, 0.25) is 0 Å². The van der Waals surface area contributed by atoms with Crippen LogP contribution in [0.5, 0.6) is 11.5 Å². The normalized spacial score (nSPS) is 12.1. The van der Waals surface area contributed by atoms with E-state index in [1.165, 1.54) is 14.2 Å². The Morgan fingerprint density at radius 1 is 1.00 bits per heavy atom. The van der Waals surface area contributed by atoms with Crippen LogP contribution in [0.25, 0.3) is 0 Å². The predicted molar refractivity (Wildman–Crippen MR) is 82.5 cm³/mol. The van der Waals surface area contributed by atoms with Crippen molar-refractivity contribution in [2.24, 2.45) is 0 Å². The van der Waals surface area contributed by atoms with Gasteiger partial charge >= 0.3 is 0 Å². The van der Waals surface area contributed by atoms with E-state index in [1.807, 2.05) is 0 Å². The van der Waals surface area contributed by atoms with Gasteiger partial charge in [-0.15, -0.1) is 0 Å². The molecule has 0 aliphatic rings. The summed E-state index contributed by atoms with van der Waals surface area (Å²) < 4.78 is 49.9. The first-order valence-electron chi connectivity index (χ1n) is 7.20. The monoisotopic (exact) mass is 341 g/mol. The highest BCUT2D eigenvalue weighted by Crippen LogP contribution is 2.29. The van der Waals surface area contributed by atoms with Gasteiger partial charge in [-0.05, 0) is 24.3 Å². The smallest absolute Gasteiger partial charge is 0.161 e. The summed E-state index contributed by atoms with van der Waals surface area (Å²) in [6.07, 6.45) is -0.955. The molecule has 7 heteroatoms. The van der Waals surface area contributed by atoms with Crippen molar-refractivity contribution in [2.75, 3.05) is 20.8 Å². The van der Waals surface area contributed by atoms with Gasteiger partial charge in [0.2, 0.25) is 0 Å². The highest BCUT2D eigenvalue weighted by molar-refractivity contribution is 5.41. The zero-order chi connectivity index (χ0) is 17.7. The summed E-state index contributed by atoms with van der Waals surface area (Å²) >= 11 is 0. The second kappa shape index (κ2) is 8.03. The van der Waals surface area contributed by atoms with E-state index < -0.39 is 23.6 Å². The summed E-state index contributed by atoms with van der Waals surface area (Å²) in [5.41, 5.74) is 0.466. The second-order valence-corrected chi connectivity index (χ2v) is 5.11. The number of rotatable bonds is 7. The van der Waals surface area contributed by atoms with Gasteiger partial charge in [0.1, 0.15) is 17.3 Å². The Kier molecular flexibility index (Phi) is 6.05. The van der Waals surface area contributed by atoms with Crippen LogP contribution in [0.1, 0.15) is 17.2 Å². The van der Waals surface area contributed by atoms with Crippen molar-refractivity contribution < 1.29 is 27.8 Å². The van der Waals surface area contributed by atoms with Crippen molar-refractivity contribution in [2.45, 2.75) is 12.6 Å². The maximum Gasteiger partial charge on any atom is 0.161 e. The van der Waals surface area contributed by atoms with Crippen LogP contribution in [-0.4, -0.2) is 25.9 Å². The largest absolute Gasteiger partial charge is 0.497 e. The summed E-state index contributed by atoms with van der Waals surface area (Å²) in [5.74, 6) is -2.18. The van der Waals surface area contributed by atoms with Crippen LogP contribution in [0.3, 0.4) is 0 Å². The summed E-state index contributed by atoms with van der Waals surface area (Å²) in [6, 6.07) is 6.26. The number of hydrogen-bond acceptors (Lipinski definition) is 4. The summed E-state index contributed by atoms with van der Waals surface area (Å²) in [6.45, 7) is -0.00561. The molecule has 2 rings (SSSR count). The van der Waals surface area contributed by atoms with Crippen molar-refractivity contribution in [3.05, 3.63) is 58.9 Å². The van der Waals surface area contributed by atoms with E-state index in [4.69, 9.17) is 9.47 Å². The summed E-state index contributed by atoms with van der Waals surface area (Å²) in [4.78, 5) is 0. The number of ether oxygens (including phenoxy) is 2. The van der Waals surface area contributed by atoms with E-state index in [0.29, 0.717) is 23.1 Å². The molecule has 0 aliphatic carbocycles. The van der Waals surface area contributed by atoms with Gasteiger partial charge in [0.15, 0.2) is 11.6 Å². The van der Waals surface area contributed by atoms with Gasteiger partial charge in [-0.25, -0.2) is 13.2 Å². The van der Waals surface area contributed by atoms with Gasteiger partial charge in [-0.3, -0.25) is 0 Å². The first-order chi connectivity index (χ1) is 11.5. The lowest BCUT2D eigenvalue weighted by atomic mass is 10.1. The molecule has 0 radical (unpaired) electrons. The van der Waals surface area contributed by atoms with Crippen molar-refractivity contribution in [1.29, 1.82) is 0 Å². The van der Waals surface area contributed by atoms with Crippen molar-refractivity contribution in [3.8, 4) is 11.5 Å². The Morgan fingerprint density at radius 3 is 2.38 bits per heavy atom. The quantitative estimate of drug-likeness (QED) is 0.761. The third-order valence-corrected chi connectivity index (χ3v) is 3.54. The SMILES string of the molecule is COc1ccc(OC)c(C(O)CNCc2cc(F)c(F)cc2F)c1. The molecule has 1 unspecified atom stereocenters. The van der Waals surface area contributed by atoms with Gasteiger partial charge in [0.25, 0.3) is 0 Å². The zero-order valence-electron chi connectivity index (χ0n) is 13.3. The van der Waals surface area contributed by atoms with Crippen LogP contribution in [0.4, 0.5) is 13.2 Å². The van der Waals surface area contributed by atoms with E-state index in [9.17, 15) is 18.3 Å². The molecule has 0 saturated heterocycles. The average molecular weight is 341 g/mol. The molecule has 4 nitrogen and oxygen atoms in total. The third kappa shape index (κ3) is 4.18. The molecule has 0 saturated carbocycles. The number of hydrogen-bond donors (Lipinski definition) is 2. The molecule has 130 valence electrons. The van der Waals surface area contributed by atoms with Gasteiger partial charge in [0, 0.05) is 30.3 Å². The molecule has 0 aliphatic heterocycles. The van der Waals surface area contributed by atoms with Crippen LogP contribution >= 0.6 is 0 Å². The van der Waals surface area contributed by atoms with E-state index in [-0.39, 0.29) is 18.7 Å². The molecule has 1 atom stereocenters. The van der Waals surface area contributed by atoms with E-state index in [0.717, 1.165) is 6.07 Å². The number of aliphatic hydroxyl groups excluding tert-OH is 1. The lowest BCUT2D eigenvalue weighted by Crippen LogP contribution is -2.22. The van der Waals surface area contributed by atoms with E-state index in [1.54, 1.807) is 18.2 Å². The fraction of sp³-hybridized carbons (Fsp3) is 0.294. The first-order valence-corrected chi connectivity index (χ1v) is 7.20. The number of benzene rings is 2. The summed E-state index contributed by atoms with van der Waals surface area (Å²) in [5, 5.41) is 13.1. The molecule has 0 heterocycles. The molecule has 0 aromatic heterocycles. The molecular formula is C17H18F3NO3. The predicted octanol–water partition coefficient (Wildman–Crippen LogP) is 2.94. The Balaban J connectivity index is 2.03. The highest BCUT2D eigenvalue weighted by Gasteiger charge is 2.15. The lowest BCUT2D eigenvalue weighted by Gasteiger charge is -2.17. The van der Waals surface area contributed by atoms with Gasteiger partial charge in [-0.2, -0.15) is 0 Å². The fourth-order valence-electron chi connectivity index (χ4n) is 2.25. The molecule has 24 heavy (non-hydrogen) atoms. The van der Waals surface area contributed by atoms with E-state index >= 15 is 0 Å². The minimum atomic E-state index is -1.24. The van der Waals surface area contributed by atoms with Crippen molar-refractivity contribution >= 4 is 0 Å². The molecule has 2 aromatic rings. The van der Waals surface area contributed by atoms with Crippen LogP contribution < -0.4 is 14.8 Å². The third-order valence-electron chi connectivity index (χ3n) is 3.54. The highest BCUT2D eigenvalue weighted by atomic mass is 19.2. The van der Waals surface area contributed by atoms with Crippen LogP contribution in [-0.2, 0) is 6.54 Å². The minimum absolute atomic E-state index is 0.0290. The van der Waals surface area contributed by atoms with Crippen LogP contribution in [0, 0.1) is 17.5 Å². The topological polar surface area (TPSA) is 50.7 Å².